The van der Waals surface area contributed by atoms with Gasteiger partial charge in [-0.25, -0.2) is 0 Å². The molecular formula is C17H21NO3. The Morgan fingerprint density at radius 2 is 2.19 bits per heavy atom. The Bertz CT molecular complexity index is 577. The highest BCUT2D eigenvalue weighted by Crippen LogP contribution is 2.43. The average molecular weight is 287 g/mol. The highest BCUT2D eigenvalue weighted by molar-refractivity contribution is 6.04. The second-order valence-electron chi connectivity index (χ2n) is 6.45. The molecule has 4 nitrogen and oxygen atoms in total. The van der Waals surface area contributed by atoms with Gasteiger partial charge >= 0.3 is 0 Å². The van der Waals surface area contributed by atoms with Gasteiger partial charge < -0.3 is 14.7 Å². The normalized spacial score (nSPS) is 28.4. The SMILES string of the molecule is O/N=C1/CCc2c(OC3CCOC4(CCC4)C3)cccc21. The lowest BCUT2D eigenvalue weighted by Gasteiger charge is -2.47. The van der Waals surface area contributed by atoms with Crippen molar-refractivity contribution in [2.75, 3.05) is 6.61 Å². The first kappa shape index (κ1) is 13.1. The summed E-state index contributed by atoms with van der Waals surface area (Å²) < 4.78 is 12.3. The van der Waals surface area contributed by atoms with Gasteiger partial charge in [-0.15, -0.1) is 0 Å². The third kappa shape index (κ3) is 2.22. The van der Waals surface area contributed by atoms with Crippen molar-refractivity contribution in [3.63, 3.8) is 0 Å². The minimum Gasteiger partial charge on any atom is -0.490 e. The van der Waals surface area contributed by atoms with E-state index in [2.05, 4.69) is 5.16 Å². The van der Waals surface area contributed by atoms with Gasteiger partial charge in [0.1, 0.15) is 11.9 Å². The molecule has 112 valence electrons. The molecule has 4 heteroatoms. The van der Waals surface area contributed by atoms with E-state index < -0.39 is 0 Å². The van der Waals surface area contributed by atoms with Crippen LogP contribution in [0.15, 0.2) is 23.4 Å². The van der Waals surface area contributed by atoms with E-state index in [-0.39, 0.29) is 11.7 Å². The van der Waals surface area contributed by atoms with Crippen molar-refractivity contribution in [2.24, 2.45) is 5.16 Å². The standard InChI is InChI=1S/C17H21NO3/c19-18-15-6-5-14-13(15)3-1-4-16(14)21-12-7-10-20-17(11-12)8-2-9-17/h1,3-4,12,19H,2,5-11H2/b18-15-. The molecule has 21 heavy (non-hydrogen) atoms. The summed E-state index contributed by atoms with van der Waals surface area (Å²) in [5.74, 6) is 0.965. The first-order valence-electron chi connectivity index (χ1n) is 7.93. The molecule has 1 aliphatic heterocycles. The Kier molecular flexibility index (Phi) is 3.14. The largest absolute Gasteiger partial charge is 0.490 e. The number of hydrogen-bond acceptors (Lipinski definition) is 4. The van der Waals surface area contributed by atoms with Crippen LogP contribution in [0.4, 0.5) is 0 Å². The number of benzene rings is 1. The first-order valence-corrected chi connectivity index (χ1v) is 7.93. The van der Waals surface area contributed by atoms with Crippen LogP contribution in [-0.2, 0) is 11.2 Å². The fourth-order valence-electron chi connectivity index (χ4n) is 3.87. The second kappa shape index (κ2) is 5.02. The van der Waals surface area contributed by atoms with Gasteiger partial charge in [-0.1, -0.05) is 17.3 Å². The monoisotopic (exact) mass is 287 g/mol. The maximum Gasteiger partial charge on any atom is 0.123 e. The summed E-state index contributed by atoms with van der Waals surface area (Å²) in [5.41, 5.74) is 3.12. The van der Waals surface area contributed by atoms with Gasteiger partial charge in [0.05, 0.1) is 17.9 Å². The predicted molar refractivity (Wildman–Crippen MR) is 79.3 cm³/mol. The van der Waals surface area contributed by atoms with Crippen molar-refractivity contribution < 1.29 is 14.7 Å². The molecule has 1 unspecified atom stereocenters. The van der Waals surface area contributed by atoms with Crippen LogP contribution in [0.3, 0.4) is 0 Å². The van der Waals surface area contributed by atoms with Crippen LogP contribution < -0.4 is 4.74 Å². The molecule has 0 aromatic heterocycles. The molecule has 0 radical (unpaired) electrons. The third-order valence-corrected chi connectivity index (χ3v) is 5.18. The van der Waals surface area contributed by atoms with Crippen LogP contribution in [0.2, 0.25) is 0 Å². The van der Waals surface area contributed by atoms with E-state index in [9.17, 15) is 0 Å². The van der Waals surface area contributed by atoms with E-state index in [0.29, 0.717) is 0 Å². The molecule has 1 aromatic rings. The molecule has 1 heterocycles. The Morgan fingerprint density at radius 3 is 2.95 bits per heavy atom. The van der Waals surface area contributed by atoms with Crippen LogP contribution >= 0.6 is 0 Å². The molecular weight excluding hydrogens is 266 g/mol. The number of rotatable bonds is 2. The summed E-state index contributed by atoms with van der Waals surface area (Å²) in [4.78, 5) is 0. The van der Waals surface area contributed by atoms with Crippen LogP contribution in [0.1, 0.15) is 49.7 Å². The van der Waals surface area contributed by atoms with Gasteiger partial charge in [-0.2, -0.15) is 0 Å². The Labute approximate surface area is 124 Å². The summed E-state index contributed by atoms with van der Waals surface area (Å²) in [7, 11) is 0. The molecule has 1 spiro atoms. The molecule has 3 aliphatic rings. The second-order valence-corrected chi connectivity index (χ2v) is 6.45. The first-order chi connectivity index (χ1) is 10.3. The summed E-state index contributed by atoms with van der Waals surface area (Å²) in [6.07, 6.45) is 7.57. The number of hydrogen-bond donors (Lipinski definition) is 1. The van der Waals surface area contributed by atoms with E-state index in [0.717, 1.165) is 49.3 Å². The van der Waals surface area contributed by atoms with Crippen molar-refractivity contribution in [2.45, 2.75) is 56.7 Å². The van der Waals surface area contributed by atoms with Crippen molar-refractivity contribution >= 4 is 5.71 Å². The van der Waals surface area contributed by atoms with Gasteiger partial charge in [0.15, 0.2) is 0 Å². The lowest BCUT2D eigenvalue weighted by Crippen LogP contribution is -2.48. The summed E-state index contributed by atoms with van der Waals surface area (Å²) in [5, 5.41) is 12.5. The molecule has 1 saturated heterocycles. The van der Waals surface area contributed by atoms with Gasteiger partial charge in [-0.05, 0) is 38.2 Å². The zero-order valence-electron chi connectivity index (χ0n) is 12.2. The average Bonchev–Trinajstić information content (AvgIpc) is 2.90. The predicted octanol–water partition coefficient (Wildman–Crippen LogP) is 3.29. The number of nitrogens with zero attached hydrogens (tertiary/aromatic N) is 1. The van der Waals surface area contributed by atoms with E-state index in [4.69, 9.17) is 14.7 Å². The lowest BCUT2D eigenvalue weighted by molar-refractivity contribution is -0.153. The van der Waals surface area contributed by atoms with Gasteiger partial charge in [0.25, 0.3) is 0 Å². The quantitative estimate of drug-likeness (QED) is 0.671. The minimum absolute atomic E-state index is 0.110. The molecule has 1 atom stereocenters. The molecule has 1 saturated carbocycles. The minimum atomic E-state index is 0.110. The van der Waals surface area contributed by atoms with Gasteiger partial charge in [0, 0.05) is 24.0 Å². The Morgan fingerprint density at radius 1 is 1.29 bits per heavy atom. The Hall–Kier alpha value is -1.55. The lowest BCUT2D eigenvalue weighted by atomic mass is 9.74. The number of fused-ring (bicyclic) bond motifs is 1. The van der Waals surface area contributed by atoms with Crippen LogP contribution in [0.5, 0.6) is 5.75 Å². The van der Waals surface area contributed by atoms with Crippen LogP contribution in [0, 0.1) is 0 Å². The summed E-state index contributed by atoms with van der Waals surface area (Å²) in [6.45, 7) is 0.809. The zero-order valence-corrected chi connectivity index (χ0v) is 12.2. The molecule has 1 N–H and O–H groups in total. The van der Waals surface area contributed by atoms with Crippen molar-refractivity contribution in [1.29, 1.82) is 0 Å². The molecule has 1 aromatic carbocycles. The highest BCUT2D eigenvalue weighted by atomic mass is 16.5. The zero-order chi connectivity index (χ0) is 14.3. The van der Waals surface area contributed by atoms with E-state index in [1.54, 1.807) is 0 Å². The van der Waals surface area contributed by atoms with E-state index >= 15 is 0 Å². The topological polar surface area (TPSA) is 51.1 Å². The van der Waals surface area contributed by atoms with Crippen molar-refractivity contribution in [3.8, 4) is 5.75 Å². The smallest absolute Gasteiger partial charge is 0.123 e. The number of ether oxygens (including phenoxy) is 2. The van der Waals surface area contributed by atoms with Crippen LogP contribution in [0.25, 0.3) is 0 Å². The van der Waals surface area contributed by atoms with Crippen LogP contribution in [-0.4, -0.2) is 29.2 Å². The van der Waals surface area contributed by atoms with E-state index in [1.807, 2.05) is 18.2 Å². The summed E-state index contributed by atoms with van der Waals surface area (Å²) in [6, 6.07) is 6.05. The summed E-state index contributed by atoms with van der Waals surface area (Å²) >= 11 is 0. The maximum absolute atomic E-state index is 9.06. The molecule has 2 aliphatic carbocycles. The van der Waals surface area contributed by atoms with E-state index in [1.165, 1.54) is 24.8 Å². The third-order valence-electron chi connectivity index (χ3n) is 5.18. The molecule has 0 bridgehead atoms. The van der Waals surface area contributed by atoms with Crippen molar-refractivity contribution in [3.05, 3.63) is 29.3 Å². The highest BCUT2D eigenvalue weighted by Gasteiger charge is 2.43. The van der Waals surface area contributed by atoms with Gasteiger partial charge in [-0.3, -0.25) is 0 Å². The fraction of sp³-hybridized carbons (Fsp3) is 0.588. The number of oxime groups is 1. The van der Waals surface area contributed by atoms with Crippen molar-refractivity contribution in [1.82, 2.24) is 0 Å². The van der Waals surface area contributed by atoms with Gasteiger partial charge in [0.2, 0.25) is 0 Å². The Balaban J connectivity index is 1.54. The molecule has 0 amide bonds. The maximum atomic E-state index is 9.06. The molecule has 2 fully saturated rings. The molecule has 4 rings (SSSR count). The fourth-order valence-corrected chi connectivity index (χ4v) is 3.87.